The molecule has 2 aromatic rings. The number of rotatable bonds is 7. The third kappa shape index (κ3) is 4.42. The molecule has 1 heterocycles. The summed E-state index contributed by atoms with van der Waals surface area (Å²) in [5.74, 6) is -0.233. The monoisotopic (exact) mass is 345 g/mol. The number of nitro groups is 1. The molecule has 1 N–H and O–H groups in total. The van der Waals surface area contributed by atoms with E-state index in [0.717, 1.165) is 5.56 Å². The number of nitrogens with one attached hydrogen (secondary N) is 1. The summed E-state index contributed by atoms with van der Waals surface area (Å²) in [5.41, 5.74) is 1.76. The van der Waals surface area contributed by atoms with Gasteiger partial charge in [-0.25, -0.2) is 0 Å². The molecule has 0 radical (unpaired) electrons. The van der Waals surface area contributed by atoms with Crippen molar-refractivity contribution in [1.29, 1.82) is 0 Å². The van der Waals surface area contributed by atoms with Crippen LogP contribution in [0.5, 0.6) is 0 Å². The number of carbonyl (C=O) groups is 1. The van der Waals surface area contributed by atoms with Crippen LogP contribution in [0, 0.1) is 24.0 Å². The summed E-state index contributed by atoms with van der Waals surface area (Å²) in [6.07, 6.45) is 0. The van der Waals surface area contributed by atoms with Gasteiger partial charge in [0.15, 0.2) is 0 Å². The Balaban J connectivity index is 2.03. The zero-order valence-electron chi connectivity index (χ0n) is 14.9. The molecule has 0 fully saturated rings. The van der Waals surface area contributed by atoms with E-state index in [1.807, 2.05) is 49.3 Å². The van der Waals surface area contributed by atoms with Crippen molar-refractivity contribution >= 4 is 11.6 Å². The van der Waals surface area contributed by atoms with Crippen molar-refractivity contribution in [2.75, 3.05) is 20.6 Å². The van der Waals surface area contributed by atoms with E-state index in [2.05, 4.69) is 10.4 Å². The van der Waals surface area contributed by atoms with E-state index in [1.165, 1.54) is 4.68 Å². The first kappa shape index (κ1) is 18.6. The van der Waals surface area contributed by atoms with Crippen LogP contribution in [0.25, 0.3) is 0 Å². The van der Waals surface area contributed by atoms with Crippen LogP contribution in [0.1, 0.15) is 23.0 Å². The Morgan fingerprint density at radius 2 is 1.96 bits per heavy atom. The Kier molecular flexibility index (Phi) is 5.87. The number of benzene rings is 1. The lowest BCUT2D eigenvalue weighted by Gasteiger charge is -2.25. The van der Waals surface area contributed by atoms with Crippen LogP contribution in [0.2, 0.25) is 0 Å². The predicted octanol–water partition coefficient (Wildman–Crippen LogP) is 1.83. The summed E-state index contributed by atoms with van der Waals surface area (Å²) in [5, 5.41) is 18.0. The van der Waals surface area contributed by atoms with Gasteiger partial charge in [-0.15, -0.1) is 0 Å². The lowest BCUT2D eigenvalue weighted by atomic mass is 10.1. The van der Waals surface area contributed by atoms with Gasteiger partial charge < -0.3 is 10.2 Å². The maximum atomic E-state index is 12.3. The highest BCUT2D eigenvalue weighted by molar-refractivity contribution is 5.75. The normalized spacial score (nSPS) is 12.2. The summed E-state index contributed by atoms with van der Waals surface area (Å²) in [6, 6.07) is 9.94. The van der Waals surface area contributed by atoms with Crippen LogP contribution in [0.3, 0.4) is 0 Å². The Bertz CT molecular complexity index is 755. The molecule has 0 aliphatic carbocycles. The number of carbonyl (C=O) groups excluding carboxylic acids is 1. The molecule has 1 atom stereocenters. The van der Waals surface area contributed by atoms with Gasteiger partial charge in [0.25, 0.3) is 0 Å². The third-order valence-electron chi connectivity index (χ3n) is 4.12. The number of hydrogen-bond acceptors (Lipinski definition) is 5. The molecule has 1 aromatic heterocycles. The predicted molar refractivity (Wildman–Crippen MR) is 94.2 cm³/mol. The lowest BCUT2D eigenvalue weighted by molar-refractivity contribution is -0.386. The number of nitrogens with zero attached hydrogens (tertiary/aromatic N) is 4. The van der Waals surface area contributed by atoms with Crippen LogP contribution in [0.4, 0.5) is 5.69 Å². The summed E-state index contributed by atoms with van der Waals surface area (Å²) in [6.45, 7) is 3.56. The molecule has 0 saturated heterocycles. The standard InChI is InChI=1S/C17H23N5O3/c1-12-17(22(24)25)13(2)21(19-12)11-16(23)18-10-15(20(3)4)14-8-6-5-7-9-14/h5-9,15H,10-11H2,1-4H3,(H,18,23)/t15-/m1/s1. The summed E-state index contributed by atoms with van der Waals surface area (Å²) in [4.78, 5) is 24.9. The van der Waals surface area contributed by atoms with Crippen molar-refractivity contribution in [2.45, 2.75) is 26.4 Å². The average Bonchev–Trinajstić information content (AvgIpc) is 2.82. The molecule has 0 saturated carbocycles. The average molecular weight is 345 g/mol. The molecule has 1 amide bonds. The van der Waals surface area contributed by atoms with Gasteiger partial charge in [-0.1, -0.05) is 30.3 Å². The van der Waals surface area contributed by atoms with Gasteiger partial charge in [0.1, 0.15) is 17.9 Å². The molecule has 25 heavy (non-hydrogen) atoms. The maximum absolute atomic E-state index is 12.3. The molecule has 2 rings (SSSR count). The molecule has 8 nitrogen and oxygen atoms in total. The van der Waals surface area contributed by atoms with Gasteiger partial charge >= 0.3 is 5.69 Å². The summed E-state index contributed by atoms with van der Waals surface area (Å²) in [7, 11) is 3.91. The number of hydrogen-bond donors (Lipinski definition) is 1. The van der Waals surface area contributed by atoms with Gasteiger partial charge in [-0.3, -0.25) is 19.6 Å². The Morgan fingerprint density at radius 3 is 2.48 bits per heavy atom. The Morgan fingerprint density at radius 1 is 1.32 bits per heavy atom. The molecule has 0 spiro atoms. The van der Waals surface area contributed by atoms with Gasteiger partial charge in [0, 0.05) is 6.54 Å². The van der Waals surface area contributed by atoms with Crippen LogP contribution >= 0.6 is 0 Å². The van der Waals surface area contributed by atoms with Crippen LogP contribution in [-0.2, 0) is 11.3 Å². The van der Waals surface area contributed by atoms with Crippen molar-refractivity contribution in [3.05, 3.63) is 57.4 Å². The highest BCUT2D eigenvalue weighted by Gasteiger charge is 2.23. The van der Waals surface area contributed by atoms with Crippen molar-refractivity contribution in [2.24, 2.45) is 0 Å². The van der Waals surface area contributed by atoms with E-state index in [4.69, 9.17) is 0 Å². The fraction of sp³-hybridized carbons (Fsp3) is 0.412. The highest BCUT2D eigenvalue weighted by Crippen LogP contribution is 2.21. The molecule has 0 aliphatic rings. The first-order chi connectivity index (χ1) is 11.8. The van der Waals surface area contributed by atoms with Gasteiger partial charge in [0.2, 0.25) is 5.91 Å². The number of likely N-dealkylation sites (N-methyl/N-ethyl adjacent to an activating group) is 1. The molecule has 1 aromatic carbocycles. The van der Waals surface area contributed by atoms with E-state index < -0.39 is 4.92 Å². The molecule has 0 aliphatic heterocycles. The smallest absolute Gasteiger partial charge is 0.312 e. The van der Waals surface area contributed by atoms with E-state index in [-0.39, 0.29) is 24.2 Å². The van der Waals surface area contributed by atoms with E-state index in [0.29, 0.717) is 17.9 Å². The quantitative estimate of drug-likeness (QED) is 0.610. The first-order valence-electron chi connectivity index (χ1n) is 7.97. The van der Waals surface area contributed by atoms with Crippen LogP contribution in [0.15, 0.2) is 30.3 Å². The second-order valence-electron chi connectivity index (χ2n) is 6.13. The number of amides is 1. The van der Waals surface area contributed by atoms with E-state index in [1.54, 1.807) is 13.8 Å². The van der Waals surface area contributed by atoms with Crippen LogP contribution in [-0.4, -0.2) is 46.2 Å². The van der Waals surface area contributed by atoms with Gasteiger partial charge in [0.05, 0.1) is 11.0 Å². The zero-order chi connectivity index (χ0) is 18.6. The highest BCUT2D eigenvalue weighted by atomic mass is 16.6. The van der Waals surface area contributed by atoms with Crippen molar-refractivity contribution < 1.29 is 9.72 Å². The minimum absolute atomic E-state index is 0.0387. The Labute approximate surface area is 146 Å². The van der Waals surface area contributed by atoms with E-state index in [9.17, 15) is 14.9 Å². The number of aryl methyl sites for hydroxylation is 1. The maximum Gasteiger partial charge on any atom is 0.312 e. The Hall–Kier alpha value is -2.74. The molecular weight excluding hydrogens is 322 g/mol. The largest absolute Gasteiger partial charge is 0.353 e. The minimum atomic E-state index is -0.469. The minimum Gasteiger partial charge on any atom is -0.353 e. The SMILES string of the molecule is Cc1nn(CC(=O)NC[C@H](c2ccccc2)N(C)C)c(C)c1[N+](=O)[O-]. The lowest BCUT2D eigenvalue weighted by Crippen LogP contribution is -2.36. The third-order valence-corrected chi connectivity index (χ3v) is 4.12. The zero-order valence-corrected chi connectivity index (χ0v) is 14.9. The van der Waals surface area contributed by atoms with Gasteiger partial charge in [-0.2, -0.15) is 5.10 Å². The molecule has 0 bridgehead atoms. The molecule has 0 unspecified atom stereocenters. The second kappa shape index (κ2) is 7.89. The fourth-order valence-corrected chi connectivity index (χ4v) is 2.78. The molecule has 8 heteroatoms. The van der Waals surface area contributed by atoms with Crippen molar-refractivity contribution in [3.63, 3.8) is 0 Å². The number of aromatic nitrogens is 2. The first-order valence-corrected chi connectivity index (χ1v) is 7.97. The summed E-state index contributed by atoms with van der Waals surface area (Å²) >= 11 is 0. The second-order valence-corrected chi connectivity index (χ2v) is 6.13. The van der Waals surface area contributed by atoms with E-state index >= 15 is 0 Å². The van der Waals surface area contributed by atoms with Gasteiger partial charge in [-0.05, 0) is 33.5 Å². The van der Waals surface area contributed by atoms with Crippen molar-refractivity contribution in [3.8, 4) is 0 Å². The summed E-state index contributed by atoms with van der Waals surface area (Å²) < 4.78 is 1.37. The molecule has 134 valence electrons. The molecular formula is C17H23N5O3. The van der Waals surface area contributed by atoms with Crippen molar-refractivity contribution in [1.82, 2.24) is 20.0 Å². The topological polar surface area (TPSA) is 93.3 Å². The fourth-order valence-electron chi connectivity index (χ4n) is 2.78. The van der Waals surface area contributed by atoms with Crippen LogP contribution < -0.4 is 5.32 Å².